The van der Waals surface area contributed by atoms with E-state index < -0.39 is 0 Å². The van der Waals surface area contributed by atoms with Crippen molar-refractivity contribution in [3.8, 4) is 11.1 Å². The lowest BCUT2D eigenvalue weighted by Gasteiger charge is -2.07. The number of aromatic nitrogens is 4. The average molecular weight is 293 g/mol. The summed E-state index contributed by atoms with van der Waals surface area (Å²) < 4.78 is 1.79. The molecule has 0 aliphatic heterocycles. The van der Waals surface area contributed by atoms with Gasteiger partial charge in [0.05, 0.1) is 0 Å². The molecule has 2 aromatic carbocycles. The topological polar surface area (TPSA) is 55.6 Å². The van der Waals surface area contributed by atoms with Gasteiger partial charge in [0.25, 0.3) is 0 Å². The average Bonchev–Trinajstić information content (AvgIpc) is 3.02. The number of aryl methyl sites for hydroxylation is 1. The van der Waals surface area contributed by atoms with E-state index in [1.165, 1.54) is 16.7 Å². The van der Waals surface area contributed by atoms with Crippen LogP contribution in [0.5, 0.6) is 0 Å². The Kier molecular flexibility index (Phi) is 4.44. The Morgan fingerprint density at radius 1 is 0.955 bits per heavy atom. The van der Waals surface area contributed by atoms with E-state index in [0.29, 0.717) is 12.5 Å². The maximum atomic E-state index is 4.01. The molecule has 1 N–H and O–H groups in total. The Hall–Kier alpha value is -2.69. The number of rotatable bonds is 6. The second-order valence-electron chi connectivity index (χ2n) is 5.14. The summed E-state index contributed by atoms with van der Waals surface area (Å²) in [7, 11) is 0. The number of hydrogen-bond acceptors (Lipinski definition) is 4. The highest BCUT2D eigenvalue weighted by Crippen LogP contribution is 2.19. The van der Waals surface area contributed by atoms with Crippen molar-refractivity contribution in [2.24, 2.45) is 0 Å². The van der Waals surface area contributed by atoms with Crippen molar-refractivity contribution in [1.29, 1.82) is 0 Å². The third-order valence-electron chi connectivity index (χ3n) is 3.48. The predicted octanol–water partition coefficient (Wildman–Crippen LogP) is 3.36. The van der Waals surface area contributed by atoms with Crippen molar-refractivity contribution in [3.63, 3.8) is 0 Å². The molecule has 22 heavy (non-hydrogen) atoms. The molecule has 0 atom stereocenters. The number of hydrogen-bond donors (Lipinski definition) is 1. The van der Waals surface area contributed by atoms with E-state index >= 15 is 0 Å². The summed E-state index contributed by atoms with van der Waals surface area (Å²) in [6.45, 7) is 3.63. The minimum atomic E-state index is 0.707. The first-order valence-electron chi connectivity index (χ1n) is 7.51. The van der Waals surface area contributed by atoms with Gasteiger partial charge in [-0.25, -0.2) is 4.68 Å². The zero-order valence-electron chi connectivity index (χ0n) is 12.6. The van der Waals surface area contributed by atoms with Crippen LogP contribution in [0.3, 0.4) is 0 Å². The second kappa shape index (κ2) is 6.85. The Morgan fingerprint density at radius 3 is 2.41 bits per heavy atom. The van der Waals surface area contributed by atoms with Crippen LogP contribution in [0.2, 0.25) is 0 Å². The van der Waals surface area contributed by atoms with Crippen LogP contribution in [0, 0.1) is 0 Å². The number of tetrazole rings is 1. The van der Waals surface area contributed by atoms with E-state index in [-0.39, 0.29) is 0 Å². The standard InChI is InChI=1S/C17H19N5/c1-2-12-22-17(19-20-21-22)18-13-14-8-10-16(11-9-14)15-6-4-3-5-7-15/h3-11H,2,12-13H2,1H3,(H,18,19,21). The lowest BCUT2D eigenvalue weighted by atomic mass is 10.0. The van der Waals surface area contributed by atoms with Crippen LogP contribution in [0.4, 0.5) is 5.95 Å². The van der Waals surface area contributed by atoms with E-state index in [2.05, 4.69) is 76.3 Å². The lowest BCUT2D eigenvalue weighted by molar-refractivity contribution is 0.582. The smallest absolute Gasteiger partial charge is 0.243 e. The van der Waals surface area contributed by atoms with Gasteiger partial charge in [-0.15, -0.1) is 0 Å². The van der Waals surface area contributed by atoms with Gasteiger partial charge in [0.1, 0.15) is 0 Å². The molecule has 1 aromatic heterocycles. The van der Waals surface area contributed by atoms with Crippen LogP contribution >= 0.6 is 0 Å². The fourth-order valence-electron chi connectivity index (χ4n) is 2.32. The van der Waals surface area contributed by atoms with Gasteiger partial charge in [-0.3, -0.25) is 0 Å². The Labute approximate surface area is 130 Å². The largest absolute Gasteiger partial charge is 0.349 e. The molecule has 3 rings (SSSR count). The second-order valence-corrected chi connectivity index (χ2v) is 5.14. The van der Waals surface area contributed by atoms with Crippen LogP contribution in [0.15, 0.2) is 54.6 Å². The van der Waals surface area contributed by atoms with E-state index in [4.69, 9.17) is 0 Å². The normalized spacial score (nSPS) is 10.6. The highest BCUT2D eigenvalue weighted by Gasteiger charge is 2.04. The fourth-order valence-corrected chi connectivity index (χ4v) is 2.32. The first-order chi connectivity index (χ1) is 10.9. The van der Waals surface area contributed by atoms with Crippen molar-refractivity contribution in [2.75, 3.05) is 5.32 Å². The maximum Gasteiger partial charge on any atom is 0.243 e. The molecule has 0 bridgehead atoms. The lowest BCUT2D eigenvalue weighted by Crippen LogP contribution is -2.08. The molecule has 0 saturated carbocycles. The summed E-state index contributed by atoms with van der Waals surface area (Å²) in [5.74, 6) is 0.717. The molecule has 0 amide bonds. The van der Waals surface area contributed by atoms with Gasteiger partial charge in [0, 0.05) is 13.1 Å². The zero-order valence-corrected chi connectivity index (χ0v) is 12.6. The van der Waals surface area contributed by atoms with Crippen LogP contribution in [0.1, 0.15) is 18.9 Å². The molecule has 0 radical (unpaired) electrons. The predicted molar refractivity (Wildman–Crippen MR) is 87.3 cm³/mol. The van der Waals surface area contributed by atoms with Crippen molar-refractivity contribution < 1.29 is 0 Å². The highest BCUT2D eigenvalue weighted by molar-refractivity contribution is 5.63. The molecule has 5 heteroatoms. The van der Waals surface area contributed by atoms with Gasteiger partial charge in [-0.05, 0) is 33.5 Å². The summed E-state index contributed by atoms with van der Waals surface area (Å²) in [6.07, 6.45) is 1.01. The summed E-state index contributed by atoms with van der Waals surface area (Å²) >= 11 is 0. The summed E-state index contributed by atoms with van der Waals surface area (Å²) in [5.41, 5.74) is 3.65. The molecule has 3 aromatic rings. The van der Waals surface area contributed by atoms with E-state index in [1.54, 1.807) is 4.68 Å². The van der Waals surface area contributed by atoms with E-state index in [1.807, 2.05) is 6.07 Å². The van der Waals surface area contributed by atoms with E-state index in [0.717, 1.165) is 13.0 Å². The summed E-state index contributed by atoms with van der Waals surface area (Å²) in [6, 6.07) is 18.9. The molecule has 0 unspecified atom stereocenters. The summed E-state index contributed by atoms with van der Waals surface area (Å²) in [5, 5.41) is 15.0. The molecule has 0 fully saturated rings. The third kappa shape index (κ3) is 3.31. The Morgan fingerprint density at radius 2 is 1.68 bits per heavy atom. The minimum Gasteiger partial charge on any atom is -0.349 e. The fraction of sp³-hybridized carbons (Fsp3) is 0.235. The molecule has 1 heterocycles. The van der Waals surface area contributed by atoms with Crippen LogP contribution in [-0.2, 0) is 13.1 Å². The minimum absolute atomic E-state index is 0.707. The molecule has 0 saturated heterocycles. The zero-order chi connectivity index (χ0) is 15.2. The van der Waals surface area contributed by atoms with Crippen LogP contribution in [-0.4, -0.2) is 20.2 Å². The maximum absolute atomic E-state index is 4.01. The van der Waals surface area contributed by atoms with Gasteiger partial charge >= 0.3 is 0 Å². The number of benzene rings is 2. The van der Waals surface area contributed by atoms with Gasteiger partial charge in [-0.2, -0.15) is 0 Å². The van der Waals surface area contributed by atoms with E-state index in [9.17, 15) is 0 Å². The highest BCUT2D eigenvalue weighted by atomic mass is 15.6. The van der Waals surface area contributed by atoms with Crippen molar-refractivity contribution in [2.45, 2.75) is 26.4 Å². The third-order valence-corrected chi connectivity index (χ3v) is 3.48. The quantitative estimate of drug-likeness (QED) is 0.757. The van der Waals surface area contributed by atoms with Gasteiger partial charge < -0.3 is 5.32 Å². The Balaban J connectivity index is 1.65. The van der Waals surface area contributed by atoms with Gasteiger partial charge in [-0.1, -0.05) is 66.6 Å². The number of nitrogens with zero attached hydrogens (tertiary/aromatic N) is 4. The molecule has 0 spiro atoms. The molecular formula is C17H19N5. The first-order valence-corrected chi connectivity index (χ1v) is 7.51. The number of anilines is 1. The number of nitrogens with one attached hydrogen (secondary N) is 1. The monoisotopic (exact) mass is 293 g/mol. The molecular weight excluding hydrogens is 274 g/mol. The van der Waals surface area contributed by atoms with Crippen LogP contribution < -0.4 is 5.32 Å². The van der Waals surface area contributed by atoms with Gasteiger partial charge in [0.2, 0.25) is 5.95 Å². The molecule has 5 nitrogen and oxygen atoms in total. The molecule has 0 aliphatic carbocycles. The van der Waals surface area contributed by atoms with Crippen LogP contribution in [0.25, 0.3) is 11.1 Å². The van der Waals surface area contributed by atoms with Crippen molar-refractivity contribution in [1.82, 2.24) is 20.2 Å². The molecule has 112 valence electrons. The van der Waals surface area contributed by atoms with Crippen molar-refractivity contribution >= 4 is 5.95 Å². The first kappa shape index (κ1) is 14.3. The summed E-state index contributed by atoms with van der Waals surface area (Å²) in [4.78, 5) is 0. The molecule has 0 aliphatic rings. The Bertz CT molecular complexity index is 703. The van der Waals surface area contributed by atoms with Crippen molar-refractivity contribution in [3.05, 3.63) is 60.2 Å². The SMILES string of the molecule is CCCn1nnnc1NCc1ccc(-c2ccccc2)cc1. The van der Waals surface area contributed by atoms with Gasteiger partial charge in [0.15, 0.2) is 0 Å².